The van der Waals surface area contributed by atoms with E-state index in [0.717, 1.165) is 29.0 Å². The van der Waals surface area contributed by atoms with E-state index >= 15 is 0 Å². The summed E-state index contributed by atoms with van der Waals surface area (Å²) in [5.74, 6) is 1.59. The number of benzene rings is 2. The van der Waals surface area contributed by atoms with Gasteiger partial charge in [-0.1, -0.05) is 48.0 Å². The maximum Gasteiger partial charge on any atom is 0.120 e. The Morgan fingerprint density at radius 2 is 2.00 bits per heavy atom. The number of nitrogens with one attached hydrogen (secondary N) is 1. The quantitative estimate of drug-likeness (QED) is 0.585. The van der Waals surface area contributed by atoms with Crippen molar-refractivity contribution in [3.63, 3.8) is 0 Å². The first kappa shape index (κ1) is 17.5. The molecule has 2 aliphatic rings. The minimum Gasteiger partial charge on any atom is -0.489 e. The van der Waals surface area contributed by atoms with Gasteiger partial charge in [-0.2, -0.15) is 0 Å². The number of ether oxygens (including phenoxy) is 1. The van der Waals surface area contributed by atoms with E-state index in [1.165, 1.54) is 5.56 Å². The number of allylic oxidation sites excluding steroid dienone is 2. The Kier molecular flexibility index (Phi) is 4.73. The van der Waals surface area contributed by atoms with Crippen LogP contribution in [0, 0.1) is 5.92 Å². The van der Waals surface area contributed by atoms with Crippen LogP contribution in [0.15, 0.2) is 60.7 Å². The summed E-state index contributed by atoms with van der Waals surface area (Å²) in [7, 11) is 0. The largest absolute Gasteiger partial charge is 0.489 e. The molecule has 1 heterocycles. The van der Waals surface area contributed by atoms with E-state index in [-0.39, 0.29) is 6.04 Å². The van der Waals surface area contributed by atoms with Crippen LogP contribution in [0.3, 0.4) is 0 Å². The molecule has 0 saturated heterocycles. The van der Waals surface area contributed by atoms with Crippen LogP contribution < -0.4 is 10.1 Å². The van der Waals surface area contributed by atoms with E-state index in [1.54, 1.807) is 0 Å². The number of rotatable bonds is 4. The number of fused-ring (bicyclic) bond motifs is 3. The van der Waals surface area contributed by atoms with Gasteiger partial charge in [0.1, 0.15) is 12.4 Å². The first-order valence-corrected chi connectivity index (χ1v) is 9.58. The first-order valence-electron chi connectivity index (χ1n) is 8.83. The molecule has 0 amide bonds. The van der Waals surface area contributed by atoms with Gasteiger partial charge in [0.2, 0.25) is 0 Å². The van der Waals surface area contributed by atoms with Gasteiger partial charge in [-0.25, -0.2) is 0 Å². The zero-order valence-electron chi connectivity index (χ0n) is 14.6. The zero-order chi connectivity index (χ0) is 18.3. The highest BCUT2D eigenvalue weighted by atomic mass is 35.5. The van der Waals surface area contributed by atoms with Crippen molar-refractivity contribution in [3.05, 3.63) is 81.9 Å². The minimum absolute atomic E-state index is 0.0888. The van der Waals surface area contributed by atoms with Crippen LogP contribution in [0.5, 0.6) is 5.75 Å². The summed E-state index contributed by atoms with van der Waals surface area (Å²) in [6.07, 6.45) is 5.55. The van der Waals surface area contributed by atoms with Crippen molar-refractivity contribution in [2.24, 2.45) is 5.92 Å². The molecule has 0 spiro atoms. The fourth-order valence-electron chi connectivity index (χ4n) is 3.96. The lowest BCUT2D eigenvalue weighted by molar-refractivity contribution is 0.350. The molecule has 1 N–H and O–H groups in total. The monoisotopic (exact) mass is 385 g/mol. The van der Waals surface area contributed by atoms with Gasteiger partial charge in [0.25, 0.3) is 0 Å². The zero-order valence-corrected chi connectivity index (χ0v) is 16.1. The Bertz CT molecular complexity index is 869. The molecule has 2 nitrogen and oxygen atoms in total. The number of hydrogen-bond donors (Lipinski definition) is 1. The van der Waals surface area contributed by atoms with Crippen molar-refractivity contribution in [2.75, 3.05) is 11.9 Å². The van der Waals surface area contributed by atoms with Crippen molar-refractivity contribution in [1.29, 1.82) is 0 Å². The smallest absolute Gasteiger partial charge is 0.120 e. The third-order valence-electron chi connectivity index (χ3n) is 5.13. The summed E-state index contributed by atoms with van der Waals surface area (Å²) in [5, 5.41) is 5.10. The molecule has 0 bridgehead atoms. The molecule has 26 heavy (non-hydrogen) atoms. The Morgan fingerprint density at radius 3 is 2.73 bits per heavy atom. The third-order valence-corrected chi connectivity index (χ3v) is 5.79. The predicted octanol–water partition coefficient (Wildman–Crippen LogP) is 6.77. The molecule has 2 aromatic carbocycles. The third kappa shape index (κ3) is 3.13. The highest BCUT2D eigenvalue weighted by molar-refractivity contribution is 6.36. The summed E-state index contributed by atoms with van der Waals surface area (Å²) in [6.45, 7) is 6.40. The van der Waals surface area contributed by atoms with Crippen LogP contribution in [-0.2, 0) is 0 Å². The number of anilines is 1. The average Bonchev–Trinajstić information content (AvgIpc) is 3.10. The van der Waals surface area contributed by atoms with Gasteiger partial charge in [-0.15, -0.1) is 0 Å². The fourth-order valence-corrected chi connectivity index (χ4v) is 4.59. The molecule has 1 aliphatic carbocycles. The Balaban J connectivity index is 1.71. The lowest BCUT2D eigenvalue weighted by Crippen LogP contribution is -2.29. The van der Waals surface area contributed by atoms with Crippen LogP contribution >= 0.6 is 23.2 Å². The summed E-state index contributed by atoms with van der Waals surface area (Å²) in [6, 6.07) is 12.0. The number of hydrogen-bond acceptors (Lipinski definition) is 2. The molecule has 134 valence electrons. The van der Waals surface area contributed by atoms with E-state index < -0.39 is 0 Å². The van der Waals surface area contributed by atoms with Crippen molar-refractivity contribution in [1.82, 2.24) is 0 Å². The maximum atomic E-state index is 6.50. The molecular weight excluding hydrogens is 365 g/mol. The molecule has 4 rings (SSSR count). The van der Waals surface area contributed by atoms with Gasteiger partial charge in [0.15, 0.2) is 0 Å². The highest BCUT2D eigenvalue weighted by Crippen LogP contribution is 2.52. The highest BCUT2D eigenvalue weighted by Gasteiger charge is 2.39. The normalized spacial score (nSPS) is 23.1. The molecular formula is C22H21Cl2NO. The Morgan fingerprint density at radius 1 is 1.23 bits per heavy atom. The lowest BCUT2D eigenvalue weighted by atomic mass is 9.77. The van der Waals surface area contributed by atoms with Crippen molar-refractivity contribution in [2.45, 2.75) is 25.3 Å². The predicted molar refractivity (Wildman–Crippen MR) is 110 cm³/mol. The first-order chi connectivity index (χ1) is 12.5. The van der Waals surface area contributed by atoms with Gasteiger partial charge in [-0.3, -0.25) is 0 Å². The van der Waals surface area contributed by atoms with Crippen LogP contribution in [0.2, 0.25) is 10.0 Å². The van der Waals surface area contributed by atoms with Gasteiger partial charge >= 0.3 is 0 Å². The van der Waals surface area contributed by atoms with Gasteiger partial charge in [0, 0.05) is 27.2 Å². The molecule has 3 unspecified atom stereocenters. The summed E-state index contributed by atoms with van der Waals surface area (Å²) in [4.78, 5) is 0. The fraction of sp³-hybridized carbons (Fsp3) is 0.273. The molecule has 4 heteroatoms. The average molecular weight is 386 g/mol. The Hall–Kier alpha value is -1.90. The van der Waals surface area contributed by atoms with E-state index in [4.69, 9.17) is 27.9 Å². The molecule has 0 saturated carbocycles. The Labute approximate surface area is 164 Å². The maximum absolute atomic E-state index is 6.50. The van der Waals surface area contributed by atoms with E-state index in [0.29, 0.717) is 28.5 Å². The number of halogens is 2. The van der Waals surface area contributed by atoms with E-state index in [9.17, 15) is 0 Å². The van der Waals surface area contributed by atoms with Crippen LogP contribution in [0.1, 0.15) is 36.4 Å². The summed E-state index contributed by atoms with van der Waals surface area (Å²) < 4.78 is 5.84. The van der Waals surface area contributed by atoms with E-state index in [1.807, 2.05) is 31.2 Å². The van der Waals surface area contributed by atoms with Crippen LogP contribution in [0.25, 0.3) is 0 Å². The molecule has 1 aliphatic heterocycles. The van der Waals surface area contributed by atoms with Crippen molar-refractivity contribution in [3.8, 4) is 5.75 Å². The second kappa shape index (κ2) is 7.02. The van der Waals surface area contributed by atoms with Crippen LogP contribution in [-0.4, -0.2) is 6.61 Å². The van der Waals surface area contributed by atoms with Gasteiger partial charge < -0.3 is 10.1 Å². The van der Waals surface area contributed by atoms with E-state index in [2.05, 4.69) is 36.2 Å². The molecule has 3 atom stereocenters. The van der Waals surface area contributed by atoms with Gasteiger partial charge in [-0.05, 0) is 60.7 Å². The van der Waals surface area contributed by atoms with Crippen molar-refractivity contribution < 1.29 is 4.74 Å². The van der Waals surface area contributed by atoms with Crippen LogP contribution in [0.4, 0.5) is 5.69 Å². The second-order valence-electron chi connectivity index (χ2n) is 7.11. The van der Waals surface area contributed by atoms with Crippen molar-refractivity contribution >= 4 is 28.9 Å². The second-order valence-corrected chi connectivity index (χ2v) is 7.92. The van der Waals surface area contributed by atoms with Gasteiger partial charge in [0.05, 0.1) is 6.04 Å². The minimum atomic E-state index is 0.0888. The lowest BCUT2D eigenvalue weighted by Gasteiger charge is -2.38. The summed E-state index contributed by atoms with van der Waals surface area (Å²) >= 11 is 13.0. The standard InChI is InChI=1S/C22H21Cl2NO/c1-13(2)12-26-14-9-10-20-17(11-14)15-5-3-6-16(15)22(25-20)21-18(23)7-4-8-19(21)24/h3-5,7-11,15-16,22,25H,1,6,12H2,2H3. The molecule has 0 fully saturated rings. The molecule has 0 radical (unpaired) electrons. The summed E-state index contributed by atoms with van der Waals surface area (Å²) in [5.41, 5.74) is 4.37. The molecule has 2 aromatic rings. The SMILES string of the molecule is C=C(C)COc1ccc2c(c1)C1C=CCC1C(c1c(Cl)cccc1Cl)N2. The molecule has 0 aromatic heterocycles. The topological polar surface area (TPSA) is 21.3 Å².